The number of hydrogen-bond acceptors (Lipinski definition) is 5. The van der Waals surface area contributed by atoms with Gasteiger partial charge in [0, 0.05) is 5.56 Å². The van der Waals surface area contributed by atoms with Crippen LogP contribution < -0.4 is 10.1 Å². The van der Waals surface area contributed by atoms with Crippen molar-refractivity contribution in [2.45, 2.75) is 52.9 Å². The molecule has 6 nitrogen and oxygen atoms in total. The van der Waals surface area contributed by atoms with Crippen molar-refractivity contribution in [3.05, 3.63) is 46.7 Å². The molecule has 1 atom stereocenters. The number of benzene rings is 1. The summed E-state index contributed by atoms with van der Waals surface area (Å²) < 4.78 is 16.9. The summed E-state index contributed by atoms with van der Waals surface area (Å²) in [5, 5.41) is 2.97. The Morgan fingerprint density at radius 2 is 2.12 bits per heavy atom. The molecule has 134 valence electrons. The van der Waals surface area contributed by atoms with Gasteiger partial charge >= 0.3 is 0 Å². The molecule has 0 saturated carbocycles. The van der Waals surface area contributed by atoms with Crippen LogP contribution in [-0.4, -0.2) is 23.1 Å². The zero-order valence-corrected chi connectivity index (χ0v) is 15.3. The van der Waals surface area contributed by atoms with Gasteiger partial charge in [0.2, 0.25) is 11.7 Å². The number of rotatable bonds is 4. The summed E-state index contributed by atoms with van der Waals surface area (Å²) in [5.74, 6) is 1.13. The van der Waals surface area contributed by atoms with Crippen molar-refractivity contribution in [3.63, 3.8) is 0 Å². The normalized spacial score (nSPS) is 16.4. The van der Waals surface area contributed by atoms with Crippen molar-refractivity contribution in [1.29, 1.82) is 0 Å². The van der Waals surface area contributed by atoms with E-state index < -0.39 is 0 Å². The lowest BCUT2D eigenvalue weighted by Gasteiger charge is -2.17. The first-order valence-electron chi connectivity index (χ1n) is 8.37. The highest BCUT2D eigenvalue weighted by molar-refractivity contribution is 5.92. The Balaban J connectivity index is 1.71. The lowest BCUT2D eigenvalue weighted by Crippen LogP contribution is -2.29. The molecule has 0 bridgehead atoms. The summed E-state index contributed by atoms with van der Waals surface area (Å²) in [5.41, 5.74) is 2.37. The molecule has 1 aliphatic rings. The van der Waals surface area contributed by atoms with E-state index in [1.54, 1.807) is 6.92 Å². The van der Waals surface area contributed by atoms with Gasteiger partial charge in [0.1, 0.15) is 19.0 Å². The number of carbonyl (C=O) groups excluding carboxylic acids is 1. The molecule has 3 rings (SSSR count). The number of nitrogens with zero attached hydrogens (tertiary/aromatic N) is 1. The third-order valence-electron chi connectivity index (χ3n) is 3.93. The Hall–Kier alpha value is -2.34. The lowest BCUT2D eigenvalue weighted by molar-refractivity contribution is -0.0245. The molecule has 0 saturated heterocycles. The van der Waals surface area contributed by atoms with Crippen molar-refractivity contribution >= 4 is 5.91 Å². The number of nitrogens with one attached hydrogen (secondary N) is 1. The van der Waals surface area contributed by atoms with Crippen LogP contribution in [0.2, 0.25) is 0 Å². The van der Waals surface area contributed by atoms with Crippen molar-refractivity contribution < 1.29 is 18.7 Å². The van der Waals surface area contributed by atoms with Crippen LogP contribution >= 0.6 is 0 Å². The Bertz CT molecular complexity index is 789. The number of aryl methyl sites for hydroxylation is 2. The van der Waals surface area contributed by atoms with Gasteiger partial charge in [0.25, 0.3) is 5.91 Å². The highest BCUT2D eigenvalue weighted by Gasteiger charge is 2.28. The van der Waals surface area contributed by atoms with E-state index in [4.69, 9.17) is 13.9 Å². The molecule has 1 aromatic heterocycles. The van der Waals surface area contributed by atoms with Crippen LogP contribution in [0.3, 0.4) is 0 Å². The fourth-order valence-electron chi connectivity index (χ4n) is 2.68. The van der Waals surface area contributed by atoms with Crippen molar-refractivity contribution in [2.24, 2.45) is 0 Å². The van der Waals surface area contributed by atoms with E-state index in [2.05, 4.69) is 10.3 Å². The summed E-state index contributed by atoms with van der Waals surface area (Å²) in [7, 11) is 0. The van der Waals surface area contributed by atoms with Gasteiger partial charge in [0.05, 0.1) is 17.3 Å². The molecule has 2 heterocycles. The molecule has 25 heavy (non-hydrogen) atoms. The fraction of sp³-hybridized carbons (Fsp3) is 0.474. The number of ether oxygens (including phenoxy) is 2. The van der Waals surface area contributed by atoms with Gasteiger partial charge in [-0.1, -0.05) is 17.7 Å². The van der Waals surface area contributed by atoms with Gasteiger partial charge in [-0.2, -0.15) is 0 Å². The minimum atomic E-state index is -0.298. The average molecular weight is 344 g/mol. The van der Waals surface area contributed by atoms with Crippen LogP contribution in [0.1, 0.15) is 60.1 Å². The Morgan fingerprint density at radius 3 is 2.84 bits per heavy atom. The molecule has 1 N–H and O–H groups in total. The predicted molar refractivity (Wildman–Crippen MR) is 92.7 cm³/mol. The van der Waals surface area contributed by atoms with Gasteiger partial charge in [0.15, 0.2) is 0 Å². The molecule has 1 aromatic carbocycles. The first-order chi connectivity index (χ1) is 11.7. The lowest BCUT2D eigenvalue weighted by atomic mass is 10.1. The van der Waals surface area contributed by atoms with Gasteiger partial charge in [-0.05, 0) is 40.7 Å². The number of carbonyl (C=O) groups is 1. The maximum atomic E-state index is 12.6. The molecule has 0 spiro atoms. The van der Waals surface area contributed by atoms with Crippen LogP contribution in [0.15, 0.2) is 22.6 Å². The molecule has 6 heteroatoms. The largest absolute Gasteiger partial charge is 0.491 e. The molecule has 1 amide bonds. The van der Waals surface area contributed by atoms with Gasteiger partial charge in [-0.15, -0.1) is 0 Å². The van der Waals surface area contributed by atoms with Crippen LogP contribution in [0.5, 0.6) is 5.75 Å². The van der Waals surface area contributed by atoms with E-state index in [0.717, 1.165) is 16.9 Å². The second-order valence-corrected chi connectivity index (χ2v) is 7.30. The van der Waals surface area contributed by atoms with Crippen LogP contribution in [0, 0.1) is 13.8 Å². The quantitative estimate of drug-likeness (QED) is 0.919. The second-order valence-electron chi connectivity index (χ2n) is 7.30. The number of amides is 1. The van der Waals surface area contributed by atoms with E-state index in [-0.39, 0.29) is 29.9 Å². The summed E-state index contributed by atoms with van der Waals surface area (Å²) in [4.78, 5) is 16.9. The van der Waals surface area contributed by atoms with Crippen LogP contribution in [-0.2, 0) is 11.3 Å². The standard InChI is InChI=1S/C19H24N2O4/c1-11-6-7-15-13(8-11)14(9-23-15)21-18(22)17-12(2)20-16(25-17)10-24-19(3,4)5/h6-8,14H,9-10H2,1-5H3,(H,21,22). The van der Waals surface area contributed by atoms with E-state index in [1.807, 2.05) is 45.9 Å². The maximum absolute atomic E-state index is 12.6. The zero-order valence-electron chi connectivity index (χ0n) is 15.3. The molecule has 0 fully saturated rings. The summed E-state index contributed by atoms with van der Waals surface area (Å²) in [6.45, 7) is 10.3. The molecule has 1 aliphatic heterocycles. The van der Waals surface area contributed by atoms with Crippen molar-refractivity contribution in [1.82, 2.24) is 10.3 Å². The molecule has 1 unspecified atom stereocenters. The third-order valence-corrected chi connectivity index (χ3v) is 3.93. The van der Waals surface area contributed by atoms with Gasteiger partial charge in [-0.3, -0.25) is 4.79 Å². The molecule has 2 aromatic rings. The molecular weight excluding hydrogens is 320 g/mol. The summed E-state index contributed by atoms with van der Waals surface area (Å²) in [6.07, 6.45) is 0. The third kappa shape index (κ3) is 4.02. The molecule has 0 radical (unpaired) electrons. The maximum Gasteiger partial charge on any atom is 0.289 e. The number of fused-ring (bicyclic) bond motifs is 1. The highest BCUT2D eigenvalue weighted by Crippen LogP contribution is 2.33. The highest BCUT2D eigenvalue weighted by atomic mass is 16.5. The van der Waals surface area contributed by atoms with E-state index >= 15 is 0 Å². The van der Waals surface area contributed by atoms with Crippen LogP contribution in [0.25, 0.3) is 0 Å². The Morgan fingerprint density at radius 1 is 1.36 bits per heavy atom. The summed E-state index contributed by atoms with van der Waals surface area (Å²) in [6, 6.07) is 5.76. The smallest absolute Gasteiger partial charge is 0.289 e. The average Bonchev–Trinajstić information content (AvgIpc) is 3.08. The number of hydrogen-bond donors (Lipinski definition) is 1. The minimum absolute atomic E-state index is 0.193. The van der Waals surface area contributed by atoms with Crippen molar-refractivity contribution in [3.8, 4) is 5.75 Å². The van der Waals surface area contributed by atoms with Gasteiger partial charge < -0.3 is 19.2 Å². The predicted octanol–water partition coefficient (Wildman–Crippen LogP) is 3.47. The van der Waals surface area contributed by atoms with E-state index in [9.17, 15) is 4.79 Å². The molecular formula is C19H24N2O4. The number of aromatic nitrogens is 1. The topological polar surface area (TPSA) is 73.6 Å². The first-order valence-corrected chi connectivity index (χ1v) is 8.37. The van der Waals surface area contributed by atoms with E-state index in [0.29, 0.717) is 18.2 Å². The monoisotopic (exact) mass is 344 g/mol. The minimum Gasteiger partial charge on any atom is -0.491 e. The van der Waals surface area contributed by atoms with Crippen LogP contribution in [0.4, 0.5) is 0 Å². The van der Waals surface area contributed by atoms with Gasteiger partial charge in [-0.25, -0.2) is 4.98 Å². The molecule has 0 aliphatic carbocycles. The second kappa shape index (κ2) is 6.52. The Labute approximate surface area is 147 Å². The Kier molecular flexibility index (Phi) is 4.56. The van der Waals surface area contributed by atoms with Crippen molar-refractivity contribution in [2.75, 3.05) is 6.61 Å². The zero-order chi connectivity index (χ0) is 18.2. The summed E-state index contributed by atoms with van der Waals surface area (Å²) >= 11 is 0. The fourth-order valence-corrected chi connectivity index (χ4v) is 2.68. The van der Waals surface area contributed by atoms with E-state index in [1.165, 1.54) is 0 Å². The number of oxazole rings is 1. The SMILES string of the molecule is Cc1ccc2c(c1)C(NC(=O)c1oc(COC(C)(C)C)nc1C)CO2. The first kappa shape index (κ1) is 17.5.